The minimum atomic E-state index is -4.64. The quantitative estimate of drug-likeness (QED) is 0.251. The standard InChI is InChI=1S/C16H21F3N2O2.C11H13F3N2.C2HF3O.C2H6/c1-15(2,3)23-14(22)21-9-6-11(7-10-21)13-12(16(17,18)19)5-4-8-20-13;12-11(13,14)9-2-1-5-16-10(9)8-3-6-15-7-4-8;3-2(4,5)1-6;1-2/h4-5,8,11H,6-7,9-10H2,1-3H3;1-2,5,8,15H,3-4,6-7H2;1H;1-2H3/i;;;1D. The van der Waals surface area contributed by atoms with Gasteiger partial charge in [0.2, 0.25) is 6.29 Å². The third-order valence-corrected chi connectivity index (χ3v) is 6.68. The van der Waals surface area contributed by atoms with E-state index in [0.717, 1.165) is 38.1 Å². The molecule has 0 atom stereocenters. The number of alkyl halides is 9. The first-order chi connectivity index (χ1) is 22.1. The van der Waals surface area contributed by atoms with Crippen molar-refractivity contribution in [2.45, 2.75) is 96.2 Å². The van der Waals surface area contributed by atoms with Crippen molar-refractivity contribution in [1.82, 2.24) is 20.2 Å². The second-order valence-electron chi connectivity index (χ2n) is 11.3. The molecule has 0 spiro atoms. The summed E-state index contributed by atoms with van der Waals surface area (Å²) >= 11 is 0. The number of halogens is 9. The Morgan fingerprint density at radius 1 is 0.851 bits per heavy atom. The Labute approximate surface area is 269 Å². The van der Waals surface area contributed by atoms with Crippen LogP contribution in [0.25, 0.3) is 0 Å². The van der Waals surface area contributed by atoms with Crippen molar-refractivity contribution in [1.29, 1.82) is 0 Å². The van der Waals surface area contributed by atoms with E-state index in [2.05, 4.69) is 15.3 Å². The first-order valence-corrected chi connectivity index (χ1v) is 14.7. The summed E-state index contributed by atoms with van der Waals surface area (Å²) in [4.78, 5) is 30.1. The summed E-state index contributed by atoms with van der Waals surface area (Å²) in [7, 11) is 0. The van der Waals surface area contributed by atoms with E-state index in [9.17, 15) is 44.3 Å². The van der Waals surface area contributed by atoms with E-state index >= 15 is 0 Å². The predicted molar refractivity (Wildman–Crippen MR) is 157 cm³/mol. The van der Waals surface area contributed by atoms with Crippen LogP contribution in [-0.2, 0) is 21.9 Å². The Hall–Kier alpha value is -3.43. The van der Waals surface area contributed by atoms with Gasteiger partial charge < -0.3 is 15.0 Å². The van der Waals surface area contributed by atoms with Crippen molar-refractivity contribution in [3.05, 3.63) is 59.2 Å². The fraction of sp³-hybridized carbons (Fsp3) is 0.613. The topological polar surface area (TPSA) is 84.4 Å². The lowest BCUT2D eigenvalue weighted by atomic mass is 9.90. The van der Waals surface area contributed by atoms with E-state index in [0.29, 0.717) is 32.8 Å². The van der Waals surface area contributed by atoms with Crippen LogP contribution in [0.3, 0.4) is 0 Å². The number of hydrogen-bond acceptors (Lipinski definition) is 6. The number of nitrogens with one attached hydrogen (secondary N) is 1. The van der Waals surface area contributed by atoms with Crippen LogP contribution in [-0.4, -0.2) is 65.2 Å². The molecule has 0 aromatic carbocycles. The third kappa shape index (κ3) is 14.9. The molecule has 1 amide bonds. The lowest BCUT2D eigenvalue weighted by Crippen LogP contribution is -2.41. The summed E-state index contributed by atoms with van der Waals surface area (Å²) in [6.45, 7) is 9.89. The van der Waals surface area contributed by atoms with Gasteiger partial charge in [-0.3, -0.25) is 14.8 Å². The number of rotatable bonds is 2. The molecule has 2 aromatic heterocycles. The van der Waals surface area contributed by atoms with Crippen molar-refractivity contribution in [2.75, 3.05) is 26.2 Å². The van der Waals surface area contributed by atoms with Crippen LogP contribution in [0.2, 0.25) is 0 Å². The molecule has 1 N–H and O–H groups in total. The second-order valence-corrected chi connectivity index (χ2v) is 11.3. The van der Waals surface area contributed by atoms with Gasteiger partial charge in [-0.2, -0.15) is 39.5 Å². The molecule has 2 aliphatic heterocycles. The molecule has 0 unspecified atom stereocenters. The van der Waals surface area contributed by atoms with Gasteiger partial charge in [-0.25, -0.2) is 4.79 Å². The molecule has 266 valence electrons. The van der Waals surface area contributed by atoms with E-state index in [-0.39, 0.29) is 23.2 Å². The highest BCUT2D eigenvalue weighted by Gasteiger charge is 2.38. The molecule has 2 saturated heterocycles. The molecule has 4 heterocycles. The van der Waals surface area contributed by atoms with Gasteiger partial charge in [-0.15, -0.1) is 0 Å². The number of likely N-dealkylation sites (tertiary alicyclic amines) is 1. The number of pyridine rings is 2. The maximum absolute atomic E-state index is 13.1. The zero-order valence-electron chi connectivity index (χ0n) is 27.5. The van der Waals surface area contributed by atoms with Crippen molar-refractivity contribution < 1.29 is 55.2 Å². The SMILES string of the molecule is CC(C)(C)OC(=O)N1CCC(c2ncccc2C(F)(F)F)CC1.FC(F)(F)c1cccnc1C1CCNCC1.O=CC(F)(F)F.[2H]CC. The van der Waals surface area contributed by atoms with Crippen LogP contribution in [0.5, 0.6) is 0 Å². The Kier molecular flexibility index (Phi) is 15.4. The van der Waals surface area contributed by atoms with Gasteiger partial charge in [-0.1, -0.05) is 13.8 Å². The highest BCUT2D eigenvalue weighted by Crippen LogP contribution is 2.38. The fourth-order valence-corrected chi connectivity index (χ4v) is 4.72. The zero-order chi connectivity index (χ0) is 36.8. The normalized spacial score (nSPS) is 16.6. The Bertz CT molecular complexity index is 1260. The number of nitrogens with zero attached hydrogens (tertiary/aromatic N) is 3. The molecular formula is C31H41F9N4O3. The largest absolute Gasteiger partial charge is 0.446 e. The molecule has 2 fully saturated rings. The van der Waals surface area contributed by atoms with Crippen LogP contribution in [0, 0.1) is 0 Å². The van der Waals surface area contributed by atoms with Gasteiger partial charge in [-0.05, 0) is 83.8 Å². The monoisotopic (exact) mass is 689 g/mol. The summed E-state index contributed by atoms with van der Waals surface area (Å²) in [5, 5.41) is 3.13. The van der Waals surface area contributed by atoms with E-state index in [4.69, 9.17) is 10.9 Å². The molecule has 0 aliphatic carbocycles. The minimum absolute atomic E-state index is 0.0703. The van der Waals surface area contributed by atoms with Gasteiger partial charge in [0.15, 0.2) is 0 Å². The summed E-state index contributed by atoms with van der Waals surface area (Å²) in [6, 6.07) is 4.81. The first kappa shape index (κ1) is 39.7. The summed E-state index contributed by atoms with van der Waals surface area (Å²) < 4.78 is 120. The first-order valence-electron chi connectivity index (χ1n) is 15.4. The molecule has 2 aromatic rings. The van der Waals surface area contributed by atoms with E-state index < -0.39 is 47.6 Å². The number of aldehydes is 1. The van der Waals surface area contributed by atoms with Crippen LogP contribution >= 0.6 is 0 Å². The average Bonchev–Trinajstić information content (AvgIpc) is 3.01. The molecule has 0 saturated carbocycles. The molecule has 47 heavy (non-hydrogen) atoms. The molecule has 16 heteroatoms. The van der Waals surface area contributed by atoms with Crippen LogP contribution in [0.15, 0.2) is 36.7 Å². The number of carbonyl (C=O) groups is 2. The maximum atomic E-state index is 13.1. The predicted octanol–water partition coefficient (Wildman–Crippen LogP) is 8.56. The van der Waals surface area contributed by atoms with Crippen LogP contribution in [0.1, 0.15) is 96.0 Å². The van der Waals surface area contributed by atoms with E-state index in [1.807, 2.05) is 0 Å². The van der Waals surface area contributed by atoms with Crippen molar-refractivity contribution >= 4 is 12.4 Å². The summed E-state index contributed by atoms with van der Waals surface area (Å²) in [6.07, 6.45) is -9.68. The van der Waals surface area contributed by atoms with Crippen molar-refractivity contribution in [3.63, 3.8) is 0 Å². The van der Waals surface area contributed by atoms with Crippen molar-refractivity contribution in [2.24, 2.45) is 0 Å². The highest BCUT2D eigenvalue weighted by molar-refractivity contribution is 5.68. The molecule has 4 rings (SSSR count). The Morgan fingerprint density at radius 2 is 1.23 bits per heavy atom. The lowest BCUT2D eigenvalue weighted by molar-refractivity contribution is -0.156. The Morgan fingerprint density at radius 3 is 1.57 bits per heavy atom. The lowest BCUT2D eigenvalue weighted by Gasteiger charge is -2.33. The number of hydrogen-bond donors (Lipinski definition) is 1. The average molecular weight is 690 g/mol. The zero-order valence-corrected chi connectivity index (χ0v) is 26.5. The number of aromatic nitrogens is 2. The minimum Gasteiger partial charge on any atom is -0.444 e. The van der Waals surface area contributed by atoms with Gasteiger partial charge in [0, 0.05) is 38.7 Å². The fourth-order valence-electron chi connectivity index (χ4n) is 4.72. The molecular weight excluding hydrogens is 647 g/mol. The number of carbonyl (C=O) groups excluding carboxylic acids is 2. The van der Waals surface area contributed by atoms with Gasteiger partial charge >= 0.3 is 24.6 Å². The smallest absolute Gasteiger partial charge is 0.444 e. The maximum Gasteiger partial charge on any atom is 0.446 e. The van der Waals surface area contributed by atoms with Crippen LogP contribution < -0.4 is 5.32 Å². The number of ether oxygens (including phenoxy) is 1. The molecule has 0 radical (unpaired) electrons. The Balaban J connectivity index is 0.000000397. The van der Waals surface area contributed by atoms with Crippen LogP contribution in [0.4, 0.5) is 44.3 Å². The number of amides is 1. The third-order valence-electron chi connectivity index (χ3n) is 6.68. The van der Waals surface area contributed by atoms with Gasteiger partial charge in [0.25, 0.3) is 0 Å². The number of piperidine rings is 2. The summed E-state index contributed by atoms with van der Waals surface area (Å²) in [5.41, 5.74) is -1.57. The van der Waals surface area contributed by atoms with Gasteiger partial charge in [0.1, 0.15) is 5.60 Å². The summed E-state index contributed by atoms with van der Waals surface area (Å²) in [5.74, 6) is -0.370. The second kappa shape index (κ2) is 18.2. The molecule has 2 aliphatic rings. The van der Waals surface area contributed by atoms with E-state index in [1.165, 1.54) is 29.4 Å². The van der Waals surface area contributed by atoms with E-state index in [1.54, 1.807) is 27.7 Å². The van der Waals surface area contributed by atoms with Gasteiger partial charge in [0.05, 0.1) is 22.5 Å². The highest BCUT2D eigenvalue weighted by atomic mass is 19.4. The molecule has 7 nitrogen and oxygen atoms in total. The molecule has 0 bridgehead atoms. The van der Waals surface area contributed by atoms with Crippen molar-refractivity contribution in [3.8, 4) is 0 Å².